The van der Waals surface area contributed by atoms with Crippen LogP contribution in [-0.4, -0.2) is 15.9 Å². The molecule has 2 aromatic heterocycles. The number of halogens is 2. The van der Waals surface area contributed by atoms with Gasteiger partial charge in [0.2, 0.25) is 11.5 Å². The van der Waals surface area contributed by atoms with Gasteiger partial charge in [-0.1, -0.05) is 35.5 Å². The van der Waals surface area contributed by atoms with Gasteiger partial charge >= 0.3 is 6.14 Å². The third kappa shape index (κ3) is 4.70. The van der Waals surface area contributed by atoms with Crippen molar-refractivity contribution >= 4 is 22.8 Å². The zero-order valence-electron chi connectivity index (χ0n) is 18.5. The smallest absolute Gasteiger partial charge is 0.405 e. The van der Waals surface area contributed by atoms with Gasteiger partial charge in [-0.15, -0.1) is 4.39 Å². The molecular formula is C26H19F2N3O3S. The van der Waals surface area contributed by atoms with Crippen molar-refractivity contribution in [3.8, 4) is 5.75 Å². The largest absolute Gasteiger partial charge is 0.485 e. The Hall–Kier alpha value is -3.90. The maximum absolute atomic E-state index is 14.1. The van der Waals surface area contributed by atoms with Crippen molar-refractivity contribution in [2.75, 3.05) is 0 Å². The van der Waals surface area contributed by atoms with Crippen LogP contribution in [0.2, 0.25) is 0 Å². The van der Waals surface area contributed by atoms with Gasteiger partial charge in [0.1, 0.15) is 11.6 Å². The SMILES string of the molecule is [C-]#[N+]c1c(CC(=O)c2ccccc2F)sc2c1CCC(c1ccccc1OCc1noc(F)n1)C2. The van der Waals surface area contributed by atoms with Crippen molar-refractivity contribution in [2.45, 2.75) is 38.2 Å². The van der Waals surface area contributed by atoms with Crippen LogP contribution in [-0.2, 0) is 25.9 Å². The van der Waals surface area contributed by atoms with Crippen LogP contribution in [0.1, 0.15) is 49.4 Å². The number of ether oxygens (including phenoxy) is 1. The van der Waals surface area contributed by atoms with Gasteiger partial charge in [-0.2, -0.15) is 16.3 Å². The quantitative estimate of drug-likeness (QED) is 0.226. The molecule has 1 aliphatic carbocycles. The maximum Gasteiger partial charge on any atom is 0.405 e. The van der Waals surface area contributed by atoms with Crippen LogP contribution in [0, 0.1) is 18.5 Å². The molecule has 0 aliphatic heterocycles. The van der Waals surface area contributed by atoms with E-state index in [0.717, 1.165) is 22.4 Å². The molecule has 1 aliphatic rings. The summed E-state index contributed by atoms with van der Waals surface area (Å²) in [4.78, 5) is 21.7. The third-order valence-corrected chi connectivity index (χ3v) is 7.32. The average Bonchev–Trinajstić information content (AvgIpc) is 3.44. The summed E-state index contributed by atoms with van der Waals surface area (Å²) in [6.07, 6.45) is 1.21. The molecule has 0 spiro atoms. The molecule has 6 nitrogen and oxygen atoms in total. The van der Waals surface area contributed by atoms with Gasteiger partial charge in [0.15, 0.2) is 12.4 Å². The number of rotatable bonds is 7. The molecule has 1 unspecified atom stereocenters. The van der Waals surface area contributed by atoms with Gasteiger partial charge in [-0.3, -0.25) is 4.79 Å². The Labute approximate surface area is 204 Å². The van der Waals surface area contributed by atoms with Crippen LogP contribution >= 0.6 is 11.3 Å². The van der Waals surface area contributed by atoms with Gasteiger partial charge in [0, 0.05) is 11.3 Å². The first-order valence-electron chi connectivity index (χ1n) is 11.0. The van der Waals surface area contributed by atoms with E-state index in [9.17, 15) is 13.6 Å². The average molecular weight is 492 g/mol. The van der Waals surface area contributed by atoms with E-state index in [1.807, 2.05) is 24.3 Å². The number of nitrogens with zero attached hydrogens (tertiary/aromatic N) is 3. The molecule has 0 saturated carbocycles. The lowest BCUT2D eigenvalue weighted by Crippen LogP contribution is -2.12. The van der Waals surface area contributed by atoms with Gasteiger partial charge in [0.05, 0.1) is 12.1 Å². The molecule has 5 rings (SSSR count). The predicted octanol–water partition coefficient (Wildman–Crippen LogP) is 6.24. The second-order valence-corrected chi connectivity index (χ2v) is 9.39. The summed E-state index contributed by atoms with van der Waals surface area (Å²) in [7, 11) is 0. The van der Waals surface area contributed by atoms with Gasteiger partial charge in [-0.05, 0) is 59.4 Å². The number of hydrogen-bond donors (Lipinski definition) is 0. The summed E-state index contributed by atoms with van der Waals surface area (Å²) < 4.78 is 37.3. The summed E-state index contributed by atoms with van der Waals surface area (Å²) in [5.74, 6) is 0.0340. The molecule has 0 N–H and O–H groups in total. The number of carbonyl (C=O) groups is 1. The van der Waals surface area contributed by atoms with Gasteiger partial charge in [0.25, 0.3) is 0 Å². The van der Waals surface area contributed by atoms with Crippen molar-refractivity contribution < 1.29 is 22.8 Å². The molecule has 176 valence electrons. The van der Waals surface area contributed by atoms with Crippen LogP contribution in [0.15, 0.2) is 53.1 Å². The van der Waals surface area contributed by atoms with E-state index in [4.69, 9.17) is 11.3 Å². The Morgan fingerprint density at radius 1 is 1.20 bits per heavy atom. The molecule has 0 saturated heterocycles. The lowest BCUT2D eigenvalue weighted by atomic mass is 9.83. The zero-order chi connectivity index (χ0) is 24.4. The van der Waals surface area contributed by atoms with E-state index in [0.29, 0.717) is 29.2 Å². The lowest BCUT2D eigenvalue weighted by molar-refractivity contribution is 0.0990. The first-order chi connectivity index (χ1) is 17.0. The summed E-state index contributed by atoms with van der Waals surface area (Å²) in [6.45, 7) is 7.68. The number of fused-ring (bicyclic) bond motifs is 1. The summed E-state index contributed by atoms with van der Waals surface area (Å²) >= 11 is 1.46. The third-order valence-electron chi connectivity index (χ3n) is 6.07. The van der Waals surface area contributed by atoms with Crippen LogP contribution in [0.3, 0.4) is 0 Å². The van der Waals surface area contributed by atoms with Gasteiger partial charge < -0.3 is 9.26 Å². The number of para-hydroxylation sites is 1. The Morgan fingerprint density at radius 3 is 2.77 bits per heavy atom. The Bertz CT molecular complexity index is 1440. The highest BCUT2D eigenvalue weighted by Crippen LogP contribution is 2.45. The van der Waals surface area contributed by atoms with E-state index in [2.05, 4.69) is 19.5 Å². The van der Waals surface area contributed by atoms with Crippen molar-refractivity contribution in [3.63, 3.8) is 0 Å². The second kappa shape index (κ2) is 9.76. The highest BCUT2D eigenvalue weighted by Gasteiger charge is 2.29. The zero-order valence-corrected chi connectivity index (χ0v) is 19.3. The van der Waals surface area contributed by atoms with E-state index >= 15 is 0 Å². The minimum Gasteiger partial charge on any atom is -0.485 e. The van der Waals surface area contributed by atoms with E-state index in [1.165, 1.54) is 23.5 Å². The first-order valence-corrected chi connectivity index (χ1v) is 11.8. The van der Waals surface area contributed by atoms with Crippen molar-refractivity contribution in [1.82, 2.24) is 10.1 Å². The van der Waals surface area contributed by atoms with E-state index in [1.54, 1.807) is 12.1 Å². The van der Waals surface area contributed by atoms with Crippen molar-refractivity contribution in [2.24, 2.45) is 0 Å². The second-order valence-electron chi connectivity index (χ2n) is 8.20. The molecule has 4 aromatic rings. The molecule has 0 radical (unpaired) electrons. The first kappa shape index (κ1) is 22.9. The lowest BCUT2D eigenvalue weighted by Gasteiger charge is -2.24. The number of hydrogen-bond acceptors (Lipinski definition) is 6. The Balaban J connectivity index is 1.36. The molecule has 2 aromatic carbocycles. The standard InChI is InChI=1S/C26H19F2N3O3S/c1-29-25-18-11-10-15(16-6-3-5-9-21(16)33-14-24-30-26(28)34-31-24)12-22(18)35-23(25)13-20(32)17-7-2-4-8-19(17)27/h2-9,15H,10-14H2. The van der Waals surface area contributed by atoms with Crippen molar-refractivity contribution in [1.29, 1.82) is 0 Å². The van der Waals surface area contributed by atoms with Gasteiger partial charge in [-0.25, -0.2) is 9.24 Å². The molecular weight excluding hydrogens is 472 g/mol. The normalized spacial score (nSPS) is 14.8. The van der Waals surface area contributed by atoms with Crippen LogP contribution in [0.5, 0.6) is 5.75 Å². The summed E-state index contributed by atoms with van der Waals surface area (Å²) in [5.41, 5.74) is 2.55. The molecule has 0 fully saturated rings. The fraction of sp³-hybridized carbons (Fsp3) is 0.231. The minimum absolute atomic E-state index is 0.00192. The van der Waals surface area contributed by atoms with Crippen LogP contribution in [0.4, 0.5) is 14.5 Å². The highest BCUT2D eigenvalue weighted by atomic mass is 32.1. The molecule has 0 amide bonds. The monoisotopic (exact) mass is 491 g/mol. The molecule has 9 heteroatoms. The van der Waals surface area contributed by atoms with Crippen molar-refractivity contribution in [3.05, 3.63) is 104 Å². The maximum atomic E-state index is 14.1. The number of Topliss-reactive ketones (excluding diaryl/α,β-unsaturated/α-hetero) is 1. The minimum atomic E-state index is -1.01. The Morgan fingerprint density at radius 2 is 2.00 bits per heavy atom. The topological polar surface area (TPSA) is 69.6 Å². The number of carbonyl (C=O) groups excluding carboxylic acids is 1. The number of aromatic nitrogens is 2. The molecule has 35 heavy (non-hydrogen) atoms. The fourth-order valence-corrected chi connectivity index (χ4v) is 5.83. The molecule has 0 bridgehead atoms. The van der Waals surface area contributed by atoms with Crippen LogP contribution in [0.25, 0.3) is 4.85 Å². The van der Waals surface area contributed by atoms with E-state index in [-0.39, 0.29) is 36.1 Å². The fourth-order valence-electron chi connectivity index (χ4n) is 4.45. The summed E-state index contributed by atoms with van der Waals surface area (Å²) in [6, 6.07) is 13.5. The number of thiophene rings is 1. The number of benzene rings is 2. The van der Waals surface area contributed by atoms with Crippen LogP contribution < -0.4 is 4.74 Å². The highest BCUT2D eigenvalue weighted by molar-refractivity contribution is 7.13. The number of ketones is 1. The molecule has 2 heterocycles. The summed E-state index contributed by atoms with van der Waals surface area (Å²) in [5, 5.41) is 3.51. The Kier molecular flexibility index (Phi) is 6.38. The van der Waals surface area contributed by atoms with E-state index < -0.39 is 12.0 Å². The molecule has 1 atom stereocenters. The predicted molar refractivity (Wildman–Crippen MR) is 125 cm³/mol.